The van der Waals surface area contributed by atoms with Crippen molar-refractivity contribution in [2.24, 2.45) is 0 Å². The fourth-order valence-corrected chi connectivity index (χ4v) is 1.19. The zero-order valence-electron chi connectivity index (χ0n) is 6.44. The summed E-state index contributed by atoms with van der Waals surface area (Å²) in [6.07, 6.45) is 2.43. The van der Waals surface area contributed by atoms with Crippen LogP contribution in [0.5, 0.6) is 0 Å². The summed E-state index contributed by atoms with van der Waals surface area (Å²) >= 11 is 0. The minimum absolute atomic E-state index is 0.213. The van der Waals surface area contributed by atoms with E-state index in [2.05, 4.69) is 4.98 Å². The first-order valence-electron chi connectivity index (χ1n) is 3.54. The van der Waals surface area contributed by atoms with Crippen LogP contribution in [0.15, 0.2) is 24.7 Å². The van der Waals surface area contributed by atoms with E-state index in [1.54, 1.807) is 0 Å². The standard InChI is InChI=1S/C8H5FN2O2/c9-6-4-11(8(12)13)7-1-2-10-3-5(6)7/h1-4H,(H,12,13). The number of hydrogen-bond donors (Lipinski definition) is 1. The zero-order chi connectivity index (χ0) is 9.42. The molecule has 0 aliphatic heterocycles. The van der Waals surface area contributed by atoms with Gasteiger partial charge in [0.25, 0.3) is 0 Å². The first kappa shape index (κ1) is 7.72. The van der Waals surface area contributed by atoms with E-state index in [1.807, 2.05) is 0 Å². The van der Waals surface area contributed by atoms with Gasteiger partial charge in [-0.1, -0.05) is 0 Å². The molecule has 66 valence electrons. The monoisotopic (exact) mass is 180 g/mol. The first-order chi connectivity index (χ1) is 6.20. The average Bonchev–Trinajstić information content (AvgIpc) is 2.45. The average molecular weight is 180 g/mol. The lowest BCUT2D eigenvalue weighted by Gasteiger charge is -1.94. The number of rotatable bonds is 0. The fraction of sp³-hybridized carbons (Fsp3) is 0. The van der Waals surface area contributed by atoms with Crippen LogP contribution in [0.1, 0.15) is 0 Å². The number of halogens is 1. The molecule has 0 atom stereocenters. The molecule has 5 heteroatoms. The Kier molecular flexibility index (Phi) is 1.51. The minimum atomic E-state index is -1.21. The second-order valence-corrected chi connectivity index (χ2v) is 2.52. The predicted octanol–water partition coefficient (Wildman–Crippen LogP) is 1.70. The predicted molar refractivity (Wildman–Crippen MR) is 43.1 cm³/mol. The highest BCUT2D eigenvalue weighted by Gasteiger charge is 2.11. The number of carbonyl (C=O) groups is 1. The van der Waals surface area contributed by atoms with Gasteiger partial charge in [-0.25, -0.2) is 13.8 Å². The number of pyridine rings is 1. The maximum Gasteiger partial charge on any atom is 0.416 e. The Hall–Kier alpha value is -1.91. The maximum absolute atomic E-state index is 13.0. The quantitative estimate of drug-likeness (QED) is 0.671. The van der Waals surface area contributed by atoms with E-state index < -0.39 is 11.9 Å². The third-order valence-corrected chi connectivity index (χ3v) is 1.76. The molecule has 0 saturated carbocycles. The van der Waals surface area contributed by atoms with Crippen LogP contribution in [0.25, 0.3) is 10.9 Å². The summed E-state index contributed by atoms with van der Waals surface area (Å²) in [6, 6.07) is 1.45. The smallest absolute Gasteiger partial charge is 0.416 e. The van der Waals surface area contributed by atoms with E-state index in [4.69, 9.17) is 5.11 Å². The van der Waals surface area contributed by atoms with Crippen molar-refractivity contribution in [2.75, 3.05) is 0 Å². The highest BCUT2D eigenvalue weighted by atomic mass is 19.1. The highest BCUT2D eigenvalue weighted by molar-refractivity contribution is 5.88. The molecular weight excluding hydrogens is 175 g/mol. The lowest BCUT2D eigenvalue weighted by Crippen LogP contribution is -2.05. The molecule has 13 heavy (non-hydrogen) atoms. The van der Waals surface area contributed by atoms with E-state index in [0.717, 1.165) is 10.8 Å². The normalized spacial score (nSPS) is 10.5. The van der Waals surface area contributed by atoms with Gasteiger partial charge in [-0.15, -0.1) is 0 Å². The number of carboxylic acid groups (broad SMARTS) is 1. The van der Waals surface area contributed by atoms with Gasteiger partial charge in [0, 0.05) is 12.4 Å². The Bertz CT molecular complexity index is 478. The van der Waals surface area contributed by atoms with Crippen molar-refractivity contribution in [3.8, 4) is 0 Å². The van der Waals surface area contributed by atoms with Gasteiger partial charge in [-0.05, 0) is 6.07 Å². The highest BCUT2D eigenvalue weighted by Crippen LogP contribution is 2.17. The Morgan fingerprint density at radius 2 is 2.38 bits per heavy atom. The van der Waals surface area contributed by atoms with Crippen molar-refractivity contribution in [3.05, 3.63) is 30.5 Å². The molecule has 1 N–H and O–H groups in total. The van der Waals surface area contributed by atoms with Gasteiger partial charge in [0.05, 0.1) is 17.1 Å². The van der Waals surface area contributed by atoms with Gasteiger partial charge in [0.1, 0.15) is 0 Å². The summed E-state index contributed by atoms with van der Waals surface area (Å²) in [4.78, 5) is 14.3. The topological polar surface area (TPSA) is 55.1 Å². The van der Waals surface area contributed by atoms with Crippen LogP contribution >= 0.6 is 0 Å². The van der Waals surface area contributed by atoms with Crippen molar-refractivity contribution >= 4 is 17.0 Å². The van der Waals surface area contributed by atoms with E-state index in [0.29, 0.717) is 5.52 Å². The maximum atomic E-state index is 13.0. The Morgan fingerprint density at radius 3 is 3.08 bits per heavy atom. The molecule has 0 amide bonds. The molecule has 2 aromatic rings. The lowest BCUT2D eigenvalue weighted by molar-refractivity contribution is 0.197. The summed E-state index contributed by atoms with van der Waals surface area (Å²) in [5.41, 5.74) is 0.306. The summed E-state index contributed by atoms with van der Waals surface area (Å²) in [5, 5.41) is 8.88. The van der Waals surface area contributed by atoms with E-state index in [1.165, 1.54) is 18.5 Å². The van der Waals surface area contributed by atoms with E-state index in [-0.39, 0.29) is 5.39 Å². The van der Waals surface area contributed by atoms with Gasteiger partial charge >= 0.3 is 6.09 Å². The Balaban J connectivity index is 2.85. The number of hydrogen-bond acceptors (Lipinski definition) is 2. The lowest BCUT2D eigenvalue weighted by atomic mass is 10.3. The molecule has 0 radical (unpaired) electrons. The summed E-state index contributed by atoms with van der Waals surface area (Å²) in [7, 11) is 0. The van der Waals surface area contributed by atoms with Crippen LogP contribution in [0.2, 0.25) is 0 Å². The van der Waals surface area contributed by atoms with Gasteiger partial charge in [-0.3, -0.25) is 4.98 Å². The molecular formula is C8H5FN2O2. The van der Waals surface area contributed by atoms with Crippen LogP contribution in [0.3, 0.4) is 0 Å². The van der Waals surface area contributed by atoms with Crippen molar-refractivity contribution < 1.29 is 14.3 Å². The SMILES string of the molecule is O=C(O)n1cc(F)c2cnccc21. The molecule has 0 aliphatic carbocycles. The number of fused-ring (bicyclic) bond motifs is 1. The molecule has 4 nitrogen and oxygen atoms in total. The molecule has 0 aromatic carbocycles. The molecule has 2 aromatic heterocycles. The van der Waals surface area contributed by atoms with Crippen LogP contribution in [-0.4, -0.2) is 20.8 Å². The van der Waals surface area contributed by atoms with Gasteiger partial charge in [0.2, 0.25) is 0 Å². The van der Waals surface area contributed by atoms with Crippen molar-refractivity contribution in [3.63, 3.8) is 0 Å². The first-order valence-corrected chi connectivity index (χ1v) is 3.54. The molecule has 0 unspecified atom stereocenters. The molecule has 0 bridgehead atoms. The van der Waals surface area contributed by atoms with Crippen LogP contribution < -0.4 is 0 Å². The van der Waals surface area contributed by atoms with Crippen LogP contribution in [0.4, 0.5) is 9.18 Å². The fourth-order valence-electron chi connectivity index (χ4n) is 1.19. The zero-order valence-corrected chi connectivity index (χ0v) is 6.44. The van der Waals surface area contributed by atoms with E-state index in [9.17, 15) is 9.18 Å². The van der Waals surface area contributed by atoms with Crippen molar-refractivity contribution in [2.45, 2.75) is 0 Å². The number of aromatic nitrogens is 2. The van der Waals surface area contributed by atoms with Crippen molar-refractivity contribution in [1.82, 2.24) is 9.55 Å². The Labute approximate surface area is 72.2 Å². The summed E-state index contributed by atoms with van der Waals surface area (Å²) in [5.74, 6) is -0.578. The molecule has 2 heterocycles. The van der Waals surface area contributed by atoms with Gasteiger partial charge < -0.3 is 5.11 Å². The van der Waals surface area contributed by atoms with Crippen LogP contribution in [-0.2, 0) is 0 Å². The molecule has 2 rings (SSSR count). The third kappa shape index (κ3) is 1.05. The van der Waals surface area contributed by atoms with Gasteiger partial charge in [-0.2, -0.15) is 0 Å². The van der Waals surface area contributed by atoms with Crippen LogP contribution in [0, 0.1) is 5.82 Å². The largest absolute Gasteiger partial charge is 0.464 e. The summed E-state index contributed by atoms with van der Waals surface area (Å²) in [6.45, 7) is 0. The third-order valence-electron chi connectivity index (χ3n) is 1.76. The molecule has 0 spiro atoms. The Morgan fingerprint density at radius 1 is 1.62 bits per heavy atom. The minimum Gasteiger partial charge on any atom is -0.464 e. The molecule has 0 saturated heterocycles. The number of nitrogens with zero attached hydrogens (tertiary/aromatic N) is 2. The molecule has 0 aliphatic rings. The van der Waals surface area contributed by atoms with Gasteiger partial charge in [0.15, 0.2) is 5.82 Å². The summed E-state index contributed by atoms with van der Waals surface area (Å²) < 4.78 is 13.9. The second-order valence-electron chi connectivity index (χ2n) is 2.52. The second kappa shape index (κ2) is 2.55. The van der Waals surface area contributed by atoms with E-state index >= 15 is 0 Å². The van der Waals surface area contributed by atoms with Crippen molar-refractivity contribution in [1.29, 1.82) is 0 Å². The molecule has 0 fully saturated rings.